The molecule has 0 aliphatic carbocycles. The van der Waals surface area contributed by atoms with Gasteiger partial charge in [-0.1, -0.05) is 30.3 Å². The number of hydrogen-bond donors (Lipinski definition) is 0. The summed E-state index contributed by atoms with van der Waals surface area (Å²) in [7, 11) is 0. The second kappa shape index (κ2) is 6.37. The Morgan fingerprint density at radius 3 is 2.68 bits per heavy atom. The maximum atomic E-state index is 9.05. The second-order valence-electron chi connectivity index (χ2n) is 4.22. The van der Waals surface area contributed by atoms with Gasteiger partial charge in [-0.2, -0.15) is 10.2 Å². The molecule has 0 N–H and O–H groups in total. The van der Waals surface area contributed by atoms with E-state index in [1.54, 1.807) is 42.5 Å². The smallest absolute Gasteiger partial charge is 0.325 e. The third-order valence-electron chi connectivity index (χ3n) is 2.71. The van der Waals surface area contributed by atoms with Crippen molar-refractivity contribution in [2.75, 3.05) is 0 Å². The van der Waals surface area contributed by atoms with Gasteiger partial charge in [0.1, 0.15) is 17.6 Å². The second-order valence-corrected chi connectivity index (χ2v) is 4.22. The zero-order valence-electron chi connectivity index (χ0n) is 11.4. The SMILES string of the molecule is N#Cc1ccccc1Oc1ccnc(Oc2[c]cccc2)n1. The topological polar surface area (TPSA) is 68.0 Å². The molecule has 0 amide bonds. The van der Waals surface area contributed by atoms with Crippen molar-refractivity contribution in [2.24, 2.45) is 0 Å². The van der Waals surface area contributed by atoms with Gasteiger partial charge in [0.15, 0.2) is 0 Å². The number of rotatable bonds is 4. The van der Waals surface area contributed by atoms with Crippen molar-refractivity contribution in [1.29, 1.82) is 5.26 Å². The van der Waals surface area contributed by atoms with Crippen molar-refractivity contribution in [3.05, 3.63) is 72.4 Å². The Morgan fingerprint density at radius 1 is 1.00 bits per heavy atom. The lowest BCUT2D eigenvalue weighted by Crippen LogP contribution is -1.95. The lowest BCUT2D eigenvalue weighted by Gasteiger charge is -2.07. The summed E-state index contributed by atoms with van der Waals surface area (Å²) in [5.74, 6) is 1.24. The zero-order valence-corrected chi connectivity index (χ0v) is 11.4. The van der Waals surface area contributed by atoms with Crippen LogP contribution in [0.15, 0.2) is 60.8 Å². The van der Waals surface area contributed by atoms with Gasteiger partial charge >= 0.3 is 6.01 Å². The van der Waals surface area contributed by atoms with E-state index in [1.165, 1.54) is 6.20 Å². The zero-order chi connectivity index (χ0) is 15.2. The van der Waals surface area contributed by atoms with E-state index in [0.717, 1.165) is 0 Å². The highest BCUT2D eigenvalue weighted by molar-refractivity contribution is 5.44. The summed E-state index contributed by atoms with van der Waals surface area (Å²) in [6, 6.07) is 20.8. The van der Waals surface area contributed by atoms with Gasteiger partial charge in [0, 0.05) is 18.3 Å². The van der Waals surface area contributed by atoms with Crippen LogP contribution in [0.2, 0.25) is 0 Å². The molecule has 0 saturated heterocycles. The molecule has 0 aliphatic heterocycles. The van der Waals surface area contributed by atoms with E-state index < -0.39 is 0 Å². The first-order valence-electron chi connectivity index (χ1n) is 6.50. The normalized spacial score (nSPS) is 9.77. The average Bonchev–Trinajstić information content (AvgIpc) is 2.57. The van der Waals surface area contributed by atoms with Gasteiger partial charge in [-0.3, -0.25) is 0 Å². The minimum atomic E-state index is 0.148. The third kappa shape index (κ3) is 3.19. The molecule has 105 valence electrons. The van der Waals surface area contributed by atoms with Crippen LogP contribution in [0.3, 0.4) is 0 Å². The monoisotopic (exact) mass is 288 g/mol. The van der Waals surface area contributed by atoms with E-state index in [1.807, 2.05) is 12.1 Å². The van der Waals surface area contributed by atoms with Crippen molar-refractivity contribution in [2.45, 2.75) is 0 Å². The first-order valence-corrected chi connectivity index (χ1v) is 6.50. The average molecular weight is 288 g/mol. The highest BCUT2D eigenvalue weighted by Gasteiger charge is 2.07. The largest absolute Gasteiger partial charge is 0.437 e. The highest BCUT2D eigenvalue weighted by atomic mass is 16.5. The minimum absolute atomic E-state index is 0.148. The lowest BCUT2D eigenvalue weighted by atomic mass is 10.2. The Morgan fingerprint density at radius 2 is 1.86 bits per heavy atom. The van der Waals surface area contributed by atoms with Crippen LogP contribution in [-0.4, -0.2) is 9.97 Å². The van der Waals surface area contributed by atoms with E-state index in [4.69, 9.17) is 14.7 Å². The van der Waals surface area contributed by atoms with Gasteiger partial charge in [-0.05, 0) is 18.2 Å². The molecule has 2 aromatic carbocycles. The summed E-state index contributed by atoms with van der Waals surface area (Å²) in [5.41, 5.74) is 0.431. The number of benzene rings is 2. The molecule has 1 radical (unpaired) electrons. The minimum Gasteiger partial charge on any atom is -0.437 e. The Kier molecular flexibility index (Phi) is 3.94. The molecule has 0 aliphatic rings. The predicted octanol–water partition coefficient (Wildman–Crippen LogP) is 3.73. The van der Waals surface area contributed by atoms with Crippen molar-refractivity contribution in [1.82, 2.24) is 9.97 Å². The summed E-state index contributed by atoms with van der Waals surface area (Å²) in [6.07, 6.45) is 1.52. The van der Waals surface area contributed by atoms with Gasteiger partial charge in [0.05, 0.1) is 5.56 Å². The summed E-state index contributed by atoms with van der Waals surface area (Å²) < 4.78 is 11.1. The van der Waals surface area contributed by atoms with Gasteiger partial charge in [0.25, 0.3) is 0 Å². The molecular formula is C17H10N3O2. The van der Waals surface area contributed by atoms with Gasteiger partial charge in [-0.15, -0.1) is 0 Å². The third-order valence-corrected chi connectivity index (χ3v) is 2.71. The van der Waals surface area contributed by atoms with Crippen LogP contribution in [0.1, 0.15) is 5.56 Å². The van der Waals surface area contributed by atoms with Gasteiger partial charge < -0.3 is 9.47 Å². The molecule has 5 heteroatoms. The Balaban J connectivity index is 1.81. The van der Waals surface area contributed by atoms with Crippen molar-refractivity contribution < 1.29 is 9.47 Å². The summed E-state index contributed by atoms with van der Waals surface area (Å²) in [6.45, 7) is 0. The molecular weight excluding hydrogens is 278 g/mol. The van der Waals surface area contributed by atoms with Crippen LogP contribution >= 0.6 is 0 Å². The fourth-order valence-corrected chi connectivity index (χ4v) is 1.73. The number of ether oxygens (including phenoxy) is 2. The van der Waals surface area contributed by atoms with Crippen LogP contribution < -0.4 is 9.47 Å². The number of para-hydroxylation sites is 2. The molecule has 1 aromatic heterocycles. The Hall–Kier alpha value is -3.39. The van der Waals surface area contributed by atoms with Crippen LogP contribution in [0.5, 0.6) is 23.4 Å². The van der Waals surface area contributed by atoms with E-state index in [0.29, 0.717) is 22.9 Å². The molecule has 1 heterocycles. The van der Waals surface area contributed by atoms with Crippen LogP contribution in [-0.2, 0) is 0 Å². The maximum Gasteiger partial charge on any atom is 0.325 e. The van der Waals surface area contributed by atoms with Crippen molar-refractivity contribution in [3.8, 4) is 29.5 Å². The Labute approximate surface area is 127 Å². The van der Waals surface area contributed by atoms with Crippen molar-refractivity contribution >= 4 is 0 Å². The van der Waals surface area contributed by atoms with Crippen LogP contribution in [0, 0.1) is 17.4 Å². The number of nitriles is 1. The van der Waals surface area contributed by atoms with Crippen molar-refractivity contribution in [3.63, 3.8) is 0 Å². The number of hydrogen-bond acceptors (Lipinski definition) is 5. The summed E-state index contributed by atoms with van der Waals surface area (Å²) >= 11 is 0. The molecule has 0 fully saturated rings. The predicted molar refractivity (Wildman–Crippen MR) is 78.6 cm³/mol. The first-order chi connectivity index (χ1) is 10.8. The summed E-state index contributed by atoms with van der Waals surface area (Å²) in [5, 5.41) is 9.05. The number of nitrogens with zero attached hydrogens (tertiary/aromatic N) is 3. The summed E-state index contributed by atoms with van der Waals surface area (Å²) in [4.78, 5) is 8.17. The van der Waals surface area contributed by atoms with E-state index in [-0.39, 0.29) is 6.01 Å². The van der Waals surface area contributed by atoms with E-state index >= 15 is 0 Å². The molecule has 3 rings (SSSR count). The van der Waals surface area contributed by atoms with Crippen LogP contribution in [0.4, 0.5) is 0 Å². The molecule has 0 unspecified atom stereocenters. The fourth-order valence-electron chi connectivity index (χ4n) is 1.73. The standard InChI is InChI=1S/C17H10N3O2/c18-12-13-6-4-5-9-15(13)22-16-10-11-19-17(20-16)21-14-7-2-1-3-8-14/h1-7,9-11H. The molecule has 22 heavy (non-hydrogen) atoms. The van der Waals surface area contributed by atoms with E-state index in [2.05, 4.69) is 22.1 Å². The van der Waals surface area contributed by atoms with Crippen LogP contribution in [0.25, 0.3) is 0 Å². The molecule has 0 atom stereocenters. The molecule has 0 spiro atoms. The quantitative estimate of drug-likeness (QED) is 0.731. The molecule has 3 aromatic rings. The molecule has 5 nitrogen and oxygen atoms in total. The Bertz CT molecular complexity index is 813. The molecule has 0 saturated carbocycles. The number of aromatic nitrogens is 2. The highest BCUT2D eigenvalue weighted by Crippen LogP contribution is 2.25. The maximum absolute atomic E-state index is 9.05. The molecule has 0 bridgehead atoms. The van der Waals surface area contributed by atoms with E-state index in [9.17, 15) is 0 Å². The van der Waals surface area contributed by atoms with Gasteiger partial charge in [0.2, 0.25) is 5.88 Å². The lowest BCUT2D eigenvalue weighted by molar-refractivity contribution is 0.410. The first kappa shape index (κ1) is 13.6. The fraction of sp³-hybridized carbons (Fsp3) is 0. The van der Waals surface area contributed by atoms with Gasteiger partial charge in [-0.25, -0.2) is 4.98 Å².